The molecule has 4 heteroatoms. The monoisotopic (exact) mass is 272 g/mol. The Balaban J connectivity index is 2.09. The van der Waals surface area contributed by atoms with Gasteiger partial charge in [0, 0.05) is 11.9 Å². The van der Waals surface area contributed by atoms with E-state index in [1.165, 1.54) is 4.21 Å². The van der Waals surface area contributed by atoms with Gasteiger partial charge in [-0.05, 0) is 29.1 Å². The Hall–Kier alpha value is -1.36. The molecule has 0 saturated heterocycles. The minimum absolute atomic E-state index is 0.519. The largest absolute Gasteiger partial charge is 0.326 e. The fraction of sp³-hybridized carbons (Fsp3) is 0.0714. The minimum atomic E-state index is 0.519. The summed E-state index contributed by atoms with van der Waals surface area (Å²) < 4.78 is 1.24. The third kappa shape index (κ3) is 2.27. The number of thiophene rings is 1. The van der Waals surface area contributed by atoms with Gasteiger partial charge in [0.15, 0.2) is 0 Å². The highest BCUT2D eigenvalue weighted by atomic mass is 32.2. The molecule has 0 unspecified atom stereocenters. The van der Waals surface area contributed by atoms with Crippen LogP contribution in [0.1, 0.15) is 5.56 Å². The Bertz CT molecular complexity index is 663. The van der Waals surface area contributed by atoms with Gasteiger partial charge in [0.2, 0.25) is 0 Å². The first-order valence-electron chi connectivity index (χ1n) is 5.67. The van der Waals surface area contributed by atoms with Gasteiger partial charge < -0.3 is 5.73 Å². The highest BCUT2D eigenvalue weighted by molar-refractivity contribution is 8.01. The van der Waals surface area contributed by atoms with Crippen molar-refractivity contribution >= 4 is 34.0 Å². The Kier molecular flexibility index (Phi) is 3.32. The summed E-state index contributed by atoms with van der Waals surface area (Å²) in [5.41, 5.74) is 7.95. The van der Waals surface area contributed by atoms with Crippen molar-refractivity contribution in [1.82, 2.24) is 4.98 Å². The highest BCUT2D eigenvalue weighted by Crippen LogP contribution is 2.33. The number of fused-ring (bicyclic) bond motifs is 1. The van der Waals surface area contributed by atoms with Crippen LogP contribution in [0.2, 0.25) is 0 Å². The molecule has 0 fully saturated rings. The summed E-state index contributed by atoms with van der Waals surface area (Å²) in [6, 6.07) is 14.4. The third-order valence-electron chi connectivity index (χ3n) is 2.68. The molecule has 2 heterocycles. The van der Waals surface area contributed by atoms with Crippen molar-refractivity contribution < 1.29 is 0 Å². The predicted molar refractivity (Wildman–Crippen MR) is 78.1 cm³/mol. The van der Waals surface area contributed by atoms with E-state index >= 15 is 0 Å². The minimum Gasteiger partial charge on any atom is -0.326 e. The van der Waals surface area contributed by atoms with E-state index in [0.29, 0.717) is 6.54 Å². The zero-order valence-corrected chi connectivity index (χ0v) is 11.3. The normalized spacial score (nSPS) is 10.9. The van der Waals surface area contributed by atoms with Gasteiger partial charge in [-0.3, -0.25) is 0 Å². The van der Waals surface area contributed by atoms with Crippen LogP contribution in [0, 0.1) is 0 Å². The number of benzene rings is 1. The van der Waals surface area contributed by atoms with Gasteiger partial charge in [0.05, 0.1) is 9.73 Å². The number of nitrogens with two attached hydrogens (primary N) is 1. The topological polar surface area (TPSA) is 38.9 Å². The van der Waals surface area contributed by atoms with Crippen LogP contribution in [-0.4, -0.2) is 4.98 Å². The second kappa shape index (κ2) is 5.10. The van der Waals surface area contributed by atoms with Gasteiger partial charge in [-0.1, -0.05) is 36.0 Å². The van der Waals surface area contributed by atoms with E-state index in [4.69, 9.17) is 10.7 Å². The summed E-state index contributed by atoms with van der Waals surface area (Å²) in [5.74, 6) is 0. The fourth-order valence-electron chi connectivity index (χ4n) is 1.79. The second-order valence-electron chi connectivity index (χ2n) is 3.88. The Morgan fingerprint density at radius 3 is 2.83 bits per heavy atom. The first kappa shape index (κ1) is 11.7. The van der Waals surface area contributed by atoms with E-state index in [0.717, 1.165) is 21.5 Å². The van der Waals surface area contributed by atoms with Crippen LogP contribution in [-0.2, 0) is 6.54 Å². The third-order valence-corrected chi connectivity index (χ3v) is 4.76. The molecule has 0 aliphatic carbocycles. The van der Waals surface area contributed by atoms with Crippen molar-refractivity contribution in [3.63, 3.8) is 0 Å². The molecule has 90 valence electrons. The standard InChI is InChI=1S/C14H12N2S2/c15-9-11-8-10-4-1-2-5-12(10)16-14(11)18-13-6-3-7-17-13/h1-8H,9,15H2. The molecule has 0 amide bonds. The first-order valence-corrected chi connectivity index (χ1v) is 7.36. The summed E-state index contributed by atoms with van der Waals surface area (Å²) in [5, 5.41) is 4.23. The summed E-state index contributed by atoms with van der Waals surface area (Å²) in [7, 11) is 0. The fourth-order valence-corrected chi connectivity index (χ4v) is 3.59. The van der Waals surface area contributed by atoms with Crippen LogP contribution in [0.5, 0.6) is 0 Å². The molecule has 0 bridgehead atoms. The van der Waals surface area contributed by atoms with Crippen LogP contribution in [0.25, 0.3) is 10.9 Å². The van der Waals surface area contributed by atoms with Crippen molar-refractivity contribution in [2.45, 2.75) is 15.8 Å². The van der Waals surface area contributed by atoms with Gasteiger partial charge in [-0.15, -0.1) is 11.3 Å². The molecular weight excluding hydrogens is 260 g/mol. The van der Waals surface area contributed by atoms with E-state index in [1.807, 2.05) is 18.2 Å². The molecular formula is C14H12N2S2. The molecule has 0 aliphatic heterocycles. The lowest BCUT2D eigenvalue weighted by Crippen LogP contribution is -2.00. The van der Waals surface area contributed by atoms with Crippen molar-refractivity contribution in [1.29, 1.82) is 0 Å². The molecule has 18 heavy (non-hydrogen) atoms. The van der Waals surface area contributed by atoms with Gasteiger partial charge in [-0.25, -0.2) is 4.98 Å². The first-order chi connectivity index (χ1) is 8.86. The number of rotatable bonds is 3. The van der Waals surface area contributed by atoms with Gasteiger partial charge in [-0.2, -0.15) is 0 Å². The molecule has 2 N–H and O–H groups in total. The lowest BCUT2D eigenvalue weighted by Gasteiger charge is -2.07. The maximum absolute atomic E-state index is 5.82. The molecule has 3 aromatic rings. The molecule has 0 saturated carbocycles. The number of pyridine rings is 1. The Morgan fingerprint density at radius 1 is 1.17 bits per heavy atom. The lowest BCUT2D eigenvalue weighted by molar-refractivity contribution is 0.983. The number of hydrogen-bond acceptors (Lipinski definition) is 4. The van der Waals surface area contributed by atoms with Crippen molar-refractivity contribution in [3.8, 4) is 0 Å². The maximum Gasteiger partial charge on any atom is 0.107 e. The molecule has 0 radical (unpaired) electrons. The molecule has 0 spiro atoms. The number of nitrogens with zero attached hydrogens (tertiary/aromatic N) is 1. The maximum atomic E-state index is 5.82. The zero-order valence-electron chi connectivity index (χ0n) is 9.67. The molecule has 2 nitrogen and oxygen atoms in total. The van der Waals surface area contributed by atoms with Crippen LogP contribution < -0.4 is 5.73 Å². The Labute approximate surface area is 114 Å². The summed E-state index contributed by atoms with van der Waals surface area (Å²) in [6.07, 6.45) is 0. The van der Waals surface area contributed by atoms with Gasteiger partial charge >= 0.3 is 0 Å². The molecule has 2 aromatic heterocycles. The number of para-hydroxylation sites is 1. The van der Waals surface area contributed by atoms with Crippen LogP contribution >= 0.6 is 23.1 Å². The van der Waals surface area contributed by atoms with E-state index in [2.05, 4.69) is 29.6 Å². The predicted octanol–water partition coefficient (Wildman–Crippen LogP) is 3.91. The van der Waals surface area contributed by atoms with E-state index in [-0.39, 0.29) is 0 Å². The lowest BCUT2D eigenvalue weighted by atomic mass is 10.1. The number of hydrogen-bond donors (Lipinski definition) is 1. The summed E-state index contributed by atoms with van der Waals surface area (Å²) in [4.78, 5) is 4.71. The molecule has 0 atom stereocenters. The smallest absolute Gasteiger partial charge is 0.107 e. The van der Waals surface area contributed by atoms with Crippen molar-refractivity contribution in [3.05, 3.63) is 53.4 Å². The molecule has 1 aromatic carbocycles. The van der Waals surface area contributed by atoms with Crippen LogP contribution in [0.4, 0.5) is 0 Å². The summed E-state index contributed by atoms with van der Waals surface area (Å²) >= 11 is 3.41. The Morgan fingerprint density at radius 2 is 2.06 bits per heavy atom. The van der Waals surface area contributed by atoms with Crippen molar-refractivity contribution in [2.24, 2.45) is 5.73 Å². The molecule has 3 rings (SSSR count). The van der Waals surface area contributed by atoms with E-state index < -0.39 is 0 Å². The van der Waals surface area contributed by atoms with Crippen LogP contribution in [0.15, 0.2) is 57.1 Å². The SMILES string of the molecule is NCc1cc2ccccc2nc1Sc1cccs1. The zero-order chi connectivity index (χ0) is 12.4. The van der Waals surface area contributed by atoms with Gasteiger partial charge in [0.1, 0.15) is 5.03 Å². The molecule has 0 aliphatic rings. The summed E-state index contributed by atoms with van der Waals surface area (Å²) in [6.45, 7) is 0.519. The van der Waals surface area contributed by atoms with E-state index in [1.54, 1.807) is 23.1 Å². The average Bonchev–Trinajstić information content (AvgIpc) is 2.91. The average molecular weight is 272 g/mol. The number of aromatic nitrogens is 1. The van der Waals surface area contributed by atoms with Crippen LogP contribution in [0.3, 0.4) is 0 Å². The van der Waals surface area contributed by atoms with Crippen molar-refractivity contribution in [2.75, 3.05) is 0 Å². The second-order valence-corrected chi connectivity index (χ2v) is 6.12. The highest BCUT2D eigenvalue weighted by Gasteiger charge is 2.08. The quantitative estimate of drug-likeness (QED) is 0.785. The van der Waals surface area contributed by atoms with Gasteiger partial charge in [0.25, 0.3) is 0 Å². The van der Waals surface area contributed by atoms with E-state index in [9.17, 15) is 0 Å².